The fraction of sp³-hybridized carbons (Fsp3) is 0.0833. The van der Waals surface area contributed by atoms with Crippen LogP contribution in [-0.4, -0.2) is 29.0 Å². The van der Waals surface area contributed by atoms with Crippen molar-refractivity contribution in [3.63, 3.8) is 0 Å². The van der Waals surface area contributed by atoms with Gasteiger partial charge >= 0.3 is 5.97 Å². The predicted molar refractivity (Wildman–Crippen MR) is 112 cm³/mol. The SMILES string of the molecule is COc1ccccc1-c1noc(COC(=O)c2ccccc2C(=O)c2ccccc2)n1. The fourth-order valence-electron chi connectivity index (χ4n) is 3.06. The molecule has 0 aliphatic carbocycles. The minimum Gasteiger partial charge on any atom is -0.496 e. The quantitative estimate of drug-likeness (QED) is 0.328. The van der Waals surface area contributed by atoms with Gasteiger partial charge < -0.3 is 14.0 Å². The number of benzene rings is 3. The summed E-state index contributed by atoms with van der Waals surface area (Å²) in [5, 5.41) is 3.92. The summed E-state index contributed by atoms with van der Waals surface area (Å²) in [5.41, 5.74) is 1.57. The molecular formula is C24H18N2O5. The van der Waals surface area contributed by atoms with Gasteiger partial charge in [-0.05, 0) is 18.2 Å². The van der Waals surface area contributed by atoms with E-state index in [0.29, 0.717) is 22.7 Å². The molecule has 3 aromatic carbocycles. The van der Waals surface area contributed by atoms with Crippen molar-refractivity contribution in [2.75, 3.05) is 7.11 Å². The molecule has 31 heavy (non-hydrogen) atoms. The van der Waals surface area contributed by atoms with E-state index >= 15 is 0 Å². The number of hydrogen-bond acceptors (Lipinski definition) is 7. The molecule has 0 unspecified atom stereocenters. The van der Waals surface area contributed by atoms with Crippen molar-refractivity contribution < 1.29 is 23.6 Å². The van der Waals surface area contributed by atoms with Gasteiger partial charge in [0.05, 0.1) is 18.2 Å². The number of hydrogen-bond donors (Lipinski definition) is 0. The second-order valence-corrected chi connectivity index (χ2v) is 6.53. The van der Waals surface area contributed by atoms with E-state index in [2.05, 4.69) is 10.1 Å². The molecule has 0 N–H and O–H groups in total. The number of rotatable bonds is 7. The summed E-state index contributed by atoms with van der Waals surface area (Å²) in [5.74, 6) is 0.130. The molecule has 4 rings (SSSR count). The molecule has 7 nitrogen and oxygen atoms in total. The molecular weight excluding hydrogens is 396 g/mol. The topological polar surface area (TPSA) is 91.5 Å². The maximum atomic E-state index is 12.8. The largest absolute Gasteiger partial charge is 0.496 e. The number of ketones is 1. The standard InChI is InChI=1S/C24H18N2O5/c1-29-20-14-8-7-13-19(20)23-25-21(31-26-23)15-30-24(28)18-12-6-5-11-17(18)22(27)16-9-3-2-4-10-16/h2-14H,15H2,1H3. The van der Waals surface area contributed by atoms with Crippen LogP contribution in [0.15, 0.2) is 83.4 Å². The van der Waals surface area contributed by atoms with Gasteiger partial charge in [-0.2, -0.15) is 4.98 Å². The molecule has 0 radical (unpaired) electrons. The first-order valence-electron chi connectivity index (χ1n) is 9.49. The lowest BCUT2D eigenvalue weighted by atomic mass is 9.98. The van der Waals surface area contributed by atoms with Gasteiger partial charge in [-0.1, -0.05) is 65.8 Å². The van der Waals surface area contributed by atoms with Crippen LogP contribution in [0.4, 0.5) is 0 Å². The highest BCUT2D eigenvalue weighted by atomic mass is 16.6. The van der Waals surface area contributed by atoms with Crippen LogP contribution in [-0.2, 0) is 11.3 Å². The number of nitrogens with zero attached hydrogens (tertiary/aromatic N) is 2. The van der Waals surface area contributed by atoms with Crippen molar-refractivity contribution in [1.29, 1.82) is 0 Å². The molecule has 0 bridgehead atoms. The number of ether oxygens (including phenoxy) is 2. The van der Waals surface area contributed by atoms with Crippen molar-refractivity contribution in [2.45, 2.75) is 6.61 Å². The molecule has 0 saturated heterocycles. The van der Waals surface area contributed by atoms with Crippen LogP contribution in [0.1, 0.15) is 32.2 Å². The Morgan fingerprint density at radius 3 is 2.32 bits per heavy atom. The molecule has 0 atom stereocenters. The summed E-state index contributed by atoms with van der Waals surface area (Å²) in [4.78, 5) is 29.7. The highest BCUT2D eigenvalue weighted by molar-refractivity contribution is 6.14. The Morgan fingerprint density at radius 2 is 1.55 bits per heavy atom. The molecule has 0 amide bonds. The lowest BCUT2D eigenvalue weighted by Gasteiger charge is -2.08. The van der Waals surface area contributed by atoms with E-state index in [4.69, 9.17) is 14.0 Å². The smallest absolute Gasteiger partial charge is 0.339 e. The van der Waals surface area contributed by atoms with Gasteiger partial charge in [-0.25, -0.2) is 4.79 Å². The van der Waals surface area contributed by atoms with Gasteiger partial charge in [0.25, 0.3) is 5.89 Å². The highest BCUT2D eigenvalue weighted by Crippen LogP contribution is 2.27. The second-order valence-electron chi connectivity index (χ2n) is 6.53. The molecule has 154 valence electrons. The Labute approximate surface area is 178 Å². The van der Waals surface area contributed by atoms with Gasteiger partial charge in [-0.3, -0.25) is 4.79 Å². The van der Waals surface area contributed by atoms with Crippen molar-refractivity contribution in [1.82, 2.24) is 10.1 Å². The lowest BCUT2D eigenvalue weighted by molar-refractivity contribution is 0.0427. The third-order valence-electron chi connectivity index (χ3n) is 4.57. The Morgan fingerprint density at radius 1 is 0.871 bits per heavy atom. The van der Waals surface area contributed by atoms with Gasteiger partial charge in [-0.15, -0.1) is 0 Å². The zero-order valence-electron chi connectivity index (χ0n) is 16.6. The summed E-state index contributed by atoms with van der Waals surface area (Å²) in [6, 6.07) is 22.5. The first-order valence-corrected chi connectivity index (χ1v) is 9.49. The molecule has 4 aromatic rings. The van der Waals surface area contributed by atoms with Crippen molar-refractivity contribution in [3.8, 4) is 17.1 Å². The van der Waals surface area contributed by atoms with Crippen LogP contribution >= 0.6 is 0 Å². The summed E-state index contributed by atoms with van der Waals surface area (Å²) in [6.45, 7) is -0.227. The summed E-state index contributed by atoms with van der Waals surface area (Å²) < 4.78 is 15.8. The number of carbonyl (C=O) groups is 2. The third-order valence-corrected chi connectivity index (χ3v) is 4.57. The first kappa shape index (κ1) is 20.0. The van der Waals surface area contributed by atoms with Crippen LogP contribution in [0.3, 0.4) is 0 Å². The van der Waals surface area contributed by atoms with Gasteiger partial charge in [0.15, 0.2) is 12.4 Å². The first-order chi connectivity index (χ1) is 15.2. The molecule has 0 spiro atoms. The van der Waals surface area contributed by atoms with E-state index in [1.54, 1.807) is 67.8 Å². The average Bonchev–Trinajstić information content (AvgIpc) is 3.31. The van der Waals surface area contributed by atoms with Crippen LogP contribution < -0.4 is 4.74 Å². The molecule has 0 fully saturated rings. The lowest BCUT2D eigenvalue weighted by Crippen LogP contribution is -2.12. The van der Waals surface area contributed by atoms with E-state index in [9.17, 15) is 9.59 Å². The predicted octanol–water partition coefficient (Wildman–Crippen LogP) is 4.33. The summed E-state index contributed by atoms with van der Waals surface area (Å²) in [7, 11) is 1.55. The van der Waals surface area contributed by atoms with Crippen molar-refractivity contribution in [2.24, 2.45) is 0 Å². The van der Waals surface area contributed by atoms with E-state index in [1.807, 2.05) is 18.2 Å². The number of methoxy groups -OCH3 is 1. The Hall–Kier alpha value is -4.26. The Kier molecular flexibility index (Phi) is 5.84. The second kappa shape index (κ2) is 9.04. The summed E-state index contributed by atoms with van der Waals surface area (Å²) in [6.07, 6.45) is 0. The molecule has 1 heterocycles. The molecule has 0 saturated carbocycles. The third kappa shape index (κ3) is 4.35. The van der Waals surface area contributed by atoms with Crippen molar-refractivity contribution in [3.05, 3.63) is 101 Å². The number of aromatic nitrogens is 2. The molecule has 0 aliphatic rings. The maximum absolute atomic E-state index is 12.8. The van der Waals surface area contributed by atoms with Gasteiger partial charge in [0, 0.05) is 11.1 Å². The Bertz CT molecular complexity index is 1220. The minimum absolute atomic E-state index is 0.126. The average molecular weight is 414 g/mol. The van der Waals surface area contributed by atoms with E-state index in [0.717, 1.165) is 0 Å². The minimum atomic E-state index is -0.656. The Balaban J connectivity index is 1.49. The van der Waals surface area contributed by atoms with Crippen molar-refractivity contribution >= 4 is 11.8 Å². The van der Waals surface area contributed by atoms with Gasteiger partial charge in [0.1, 0.15) is 5.75 Å². The molecule has 1 aromatic heterocycles. The normalized spacial score (nSPS) is 10.5. The maximum Gasteiger partial charge on any atom is 0.339 e. The monoisotopic (exact) mass is 414 g/mol. The van der Waals surface area contributed by atoms with Crippen LogP contribution in [0, 0.1) is 0 Å². The summed E-state index contributed by atoms with van der Waals surface area (Å²) >= 11 is 0. The van der Waals surface area contributed by atoms with Crippen LogP contribution in [0.2, 0.25) is 0 Å². The molecule has 0 aliphatic heterocycles. The van der Waals surface area contributed by atoms with E-state index in [-0.39, 0.29) is 29.4 Å². The van der Waals surface area contributed by atoms with Crippen LogP contribution in [0.5, 0.6) is 5.75 Å². The van der Waals surface area contributed by atoms with E-state index in [1.165, 1.54) is 0 Å². The fourth-order valence-corrected chi connectivity index (χ4v) is 3.06. The zero-order chi connectivity index (χ0) is 21.6. The van der Waals surface area contributed by atoms with Crippen LogP contribution in [0.25, 0.3) is 11.4 Å². The van der Waals surface area contributed by atoms with Gasteiger partial charge in [0.2, 0.25) is 5.82 Å². The number of esters is 1. The van der Waals surface area contributed by atoms with E-state index < -0.39 is 5.97 Å². The molecule has 7 heteroatoms. The number of para-hydroxylation sites is 1. The number of carbonyl (C=O) groups excluding carboxylic acids is 2. The highest BCUT2D eigenvalue weighted by Gasteiger charge is 2.20. The zero-order valence-corrected chi connectivity index (χ0v) is 16.6.